The predicted octanol–water partition coefficient (Wildman–Crippen LogP) is 2.00. The number of nitrogens with two attached hydrogens (primary N) is 1. The number of likely N-dealkylation sites (tertiary alicyclic amines) is 1. The van der Waals surface area contributed by atoms with E-state index in [1.54, 1.807) is 0 Å². The van der Waals surface area contributed by atoms with Crippen molar-refractivity contribution in [3.63, 3.8) is 0 Å². The molecule has 0 amide bonds. The van der Waals surface area contributed by atoms with Crippen molar-refractivity contribution in [2.45, 2.75) is 64.1 Å². The van der Waals surface area contributed by atoms with Crippen molar-refractivity contribution in [2.24, 2.45) is 17.1 Å². The van der Waals surface area contributed by atoms with Crippen molar-refractivity contribution in [1.29, 1.82) is 0 Å². The summed E-state index contributed by atoms with van der Waals surface area (Å²) in [7, 11) is 0. The van der Waals surface area contributed by atoms with E-state index >= 15 is 0 Å². The lowest BCUT2D eigenvalue weighted by atomic mass is 9.48. The van der Waals surface area contributed by atoms with Gasteiger partial charge < -0.3 is 10.5 Å². The van der Waals surface area contributed by atoms with E-state index in [0.717, 1.165) is 25.6 Å². The van der Waals surface area contributed by atoms with E-state index in [1.165, 1.54) is 25.8 Å². The minimum atomic E-state index is -0.0358. The van der Waals surface area contributed by atoms with Crippen LogP contribution in [0.5, 0.6) is 0 Å². The quantitative estimate of drug-likeness (QED) is 0.835. The molecule has 0 radical (unpaired) electrons. The first-order chi connectivity index (χ1) is 8.50. The first-order valence-corrected chi connectivity index (χ1v) is 7.65. The number of rotatable bonds is 3. The van der Waals surface area contributed by atoms with Gasteiger partial charge in [-0.1, -0.05) is 20.8 Å². The van der Waals surface area contributed by atoms with Crippen LogP contribution in [0.1, 0.15) is 46.5 Å². The van der Waals surface area contributed by atoms with Gasteiger partial charge in [-0.2, -0.15) is 0 Å². The molecule has 4 unspecified atom stereocenters. The highest BCUT2D eigenvalue weighted by atomic mass is 16.5. The van der Waals surface area contributed by atoms with Gasteiger partial charge in [0.05, 0.1) is 6.10 Å². The van der Waals surface area contributed by atoms with Crippen molar-refractivity contribution in [1.82, 2.24) is 4.90 Å². The van der Waals surface area contributed by atoms with Gasteiger partial charge >= 0.3 is 0 Å². The van der Waals surface area contributed by atoms with Crippen molar-refractivity contribution in [3.8, 4) is 0 Å². The van der Waals surface area contributed by atoms with Crippen LogP contribution in [-0.4, -0.2) is 42.3 Å². The summed E-state index contributed by atoms with van der Waals surface area (Å²) in [5.41, 5.74) is 6.94. The van der Waals surface area contributed by atoms with Gasteiger partial charge in [-0.3, -0.25) is 4.90 Å². The van der Waals surface area contributed by atoms with E-state index in [1.807, 2.05) is 0 Å². The third kappa shape index (κ3) is 1.53. The lowest BCUT2D eigenvalue weighted by Crippen LogP contribution is -2.78. The Labute approximate surface area is 111 Å². The molecule has 0 spiro atoms. The zero-order valence-corrected chi connectivity index (χ0v) is 12.1. The Bertz CT molecular complexity index is 330. The zero-order chi connectivity index (χ0) is 13.0. The molecular formula is C15H28N2O. The number of fused-ring (bicyclic) bond motifs is 1. The number of hydrogen-bond donors (Lipinski definition) is 1. The van der Waals surface area contributed by atoms with Crippen LogP contribution in [0.3, 0.4) is 0 Å². The number of nitrogens with zero attached hydrogens (tertiary/aromatic N) is 1. The molecule has 2 saturated heterocycles. The van der Waals surface area contributed by atoms with Crippen molar-refractivity contribution in [3.05, 3.63) is 0 Å². The van der Waals surface area contributed by atoms with Crippen molar-refractivity contribution in [2.75, 3.05) is 19.7 Å². The first-order valence-electron chi connectivity index (χ1n) is 7.65. The van der Waals surface area contributed by atoms with Gasteiger partial charge in [0.2, 0.25) is 0 Å². The van der Waals surface area contributed by atoms with Crippen molar-refractivity contribution >= 4 is 0 Å². The van der Waals surface area contributed by atoms with Crippen LogP contribution in [0.4, 0.5) is 0 Å². The third-order valence-corrected chi connectivity index (χ3v) is 6.10. The standard InChI is InChI=1S/C15H28N2O/c1-4-11-6-5-8-17(11)10-15(16)12-7-9-18-13(12)14(15,2)3/h11-13H,4-10,16H2,1-3H3. The van der Waals surface area contributed by atoms with E-state index < -0.39 is 0 Å². The van der Waals surface area contributed by atoms with Gasteiger partial charge in [0, 0.05) is 36.1 Å². The molecular weight excluding hydrogens is 224 g/mol. The van der Waals surface area contributed by atoms with Gasteiger partial charge in [0.25, 0.3) is 0 Å². The summed E-state index contributed by atoms with van der Waals surface area (Å²) in [5.74, 6) is 0.589. The summed E-state index contributed by atoms with van der Waals surface area (Å²) in [5, 5.41) is 0. The van der Waals surface area contributed by atoms with Crippen molar-refractivity contribution < 1.29 is 4.74 Å². The molecule has 3 rings (SSSR count). The van der Waals surface area contributed by atoms with Crippen LogP contribution in [0.15, 0.2) is 0 Å². The number of hydrogen-bond acceptors (Lipinski definition) is 3. The smallest absolute Gasteiger partial charge is 0.0691 e. The summed E-state index contributed by atoms with van der Waals surface area (Å²) in [4.78, 5) is 2.65. The first kappa shape index (κ1) is 12.9. The highest BCUT2D eigenvalue weighted by molar-refractivity contribution is 5.22. The summed E-state index contributed by atoms with van der Waals surface area (Å²) in [6.07, 6.45) is 5.54. The van der Waals surface area contributed by atoms with E-state index in [2.05, 4.69) is 25.7 Å². The van der Waals surface area contributed by atoms with E-state index in [0.29, 0.717) is 12.0 Å². The average molecular weight is 252 g/mol. The summed E-state index contributed by atoms with van der Waals surface area (Å²) >= 11 is 0. The Morgan fingerprint density at radius 3 is 2.83 bits per heavy atom. The second kappa shape index (κ2) is 4.19. The average Bonchev–Trinajstić information content (AvgIpc) is 2.95. The molecule has 0 aromatic carbocycles. The van der Waals surface area contributed by atoms with Gasteiger partial charge in [-0.05, 0) is 32.2 Å². The molecule has 1 aliphatic carbocycles. The summed E-state index contributed by atoms with van der Waals surface area (Å²) in [6, 6.07) is 0.766. The fourth-order valence-electron chi connectivity index (χ4n) is 4.70. The van der Waals surface area contributed by atoms with Crippen LogP contribution in [-0.2, 0) is 4.74 Å². The molecule has 3 heteroatoms. The molecule has 3 fully saturated rings. The molecule has 3 aliphatic rings. The van der Waals surface area contributed by atoms with Crippen LogP contribution < -0.4 is 5.73 Å². The third-order valence-electron chi connectivity index (χ3n) is 6.10. The van der Waals surface area contributed by atoms with Gasteiger partial charge in [-0.15, -0.1) is 0 Å². The molecule has 2 aliphatic heterocycles. The van der Waals surface area contributed by atoms with Crippen LogP contribution in [0.25, 0.3) is 0 Å². The molecule has 0 bridgehead atoms. The maximum atomic E-state index is 6.84. The molecule has 18 heavy (non-hydrogen) atoms. The minimum absolute atomic E-state index is 0.0358. The Hall–Kier alpha value is -0.120. The molecule has 2 N–H and O–H groups in total. The molecule has 104 valence electrons. The largest absolute Gasteiger partial charge is 0.377 e. The fraction of sp³-hybridized carbons (Fsp3) is 1.00. The molecule has 0 aromatic heterocycles. The molecule has 2 heterocycles. The maximum absolute atomic E-state index is 6.84. The van der Waals surface area contributed by atoms with E-state index in [4.69, 9.17) is 10.5 Å². The fourth-order valence-corrected chi connectivity index (χ4v) is 4.70. The number of ether oxygens (including phenoxy) is 1. The Kier molecular flexibility index (Phi) is 3.00. The maximum Gasteiger partial charge on any atom is 0.0691 e. The summed E-state index contributed by atoms with van der Waals surface area (Å²) in [6.45, 7) is 10.1. The normalized spacial score (nSPS) is 47.0. The van der Waals surface area contributed by atoms with Crippen LogP contribution >= 0.6 is 0 Å². The van der Waals surface area contributed by atoms with E-state index in [9.17, 15) is 0 Å². The van der Waals surface area contributed by atoms with Gasteiger partial charge in [0.1, 0.15) is 0 Å². The van der Waals surface area contributed by atoms with Crippen LogP contribution in [0.2, 0.25) is 0 Å². The molecule has 3 nitrogen and oxygen atoms in total. The van der Waals surface area contributed by atoms with Gasteiger partial charge in [0.15, 0.2) is 0 Å². The minimum Gasteiger partial charge on any atom is -0.377 e. The SMILES string of the molecule is CCC1CCCN1CC1(N)C2CCOC2C1(C)C. The molecule has 1 saturated carbocycles. The lowest BCUT2D eigenvalue weighted by molar-refractivity contribution is -0.164. The monoisotopic (exact) mass is 252 g/mol. The van der Waals surface area contributed by atoms with Gasteiger partial charge in [-0.25, -0.2) is 0 Å². The highest BCUT2D eigenvalue weighted by Crippen LogP contribution is 2.58. The molecule has 0 aromatic rings. The lowest BCUT2D eigenvalue weighted by Gasteiger charge is -2.63. The Balaban J connectivity index is 1.75. The summed E-state index contributed by atoms with van der Waals surface area (Å²) < 4.78 is 5.88. The topological polar surface area (TPSA) is 38.5 Å². The predicted molar refractivity (Wildman–Crippen MR) is 73.4 cm³/mol. The van der Waals surface area contributed by atoms with E-state index in [-0.39, 0.29) is 11.0 Å². The second-order valence-corrected chi connectivity index (χ2v) is 7.12. The molecule has 4 atom stereocenters. The zero-order valence-electron chi connectivity index (χ0n) is 12.1. The Morgan fingerprint density at radius 2 is 2.11 bits per heavy atom. The van der Waals surface area contributed by atoms with Crippen LogP contribution in [0, 0.1) is 11.3 Å². The Morgan fingerprint density at radius 1 is 1.33 bits per heavy atom. The second-order valence-electron chi connectivity index (χ2n) is 7.12. The highest BCUT2D eigenvalue weighted by Gasteiger charge is 2.67.